The second-order valence-electron chi connectivity index (χ2n) is 7.76. The first kappa shape index (κ1) is 12.4. The molecule has 0 atom stereocenters. The van der Waals surface area contributed by atoms with E-state index >= 15 is 0 Å². The molecule has 94 valence electrons. The van der Waals surface area contributed by atoms with Crippen LogP contribution in [0.2, 0.25) is 0 Å². The van der Waals surface area contributed by atoms with Gasteiger partial charge in [-0.25, -0.2) is 0 Å². The van der Waals surface area contributed by atoms with E-state index in [1.165, 1.54) is 44.9 Å². The Morgan fingerprint density at radius 2 is 1.31 bits per heavy atom. The van der Waals surface area contributed by atoms with Crippen molar-refractivity contribution < 1.29 is 0 Å². The second kappa shape index (κ2) is 4.33. The molecule has 0 aromatic heterocycles. The van der Waals surface area contributed by atoms with Crippen molar-refractivity contribution in [3.05, 3.63) is 0 Å². The molecule has 0 unspecified atom stereocenters. The summed E-state index contributed by atoms with van der Waals surface area (Å²) in [4.78, 5) is 0. The lowest BCUT2D eigenvalue weighted by Crippen LogP contribution is -2.46. The molecule has 0 bridgehead atoms. The zero-order valence-electron chi connectivity index (χ0n) is 11.6. The molecule has 2 aliphatic carbocycles. The summed E-state index contributed by atoms with van der Waals surface area (Å²) in [6.45, 7) is 9.77. The number of rotatable bonds is 2. The van der Waals surface area contributed by atoms with Crippen LogP contribution in [-0.2, 0) is 0 Å². The molecular weight excluding hydrogens is 194 g/mol. The number of hydrogen-bond donors (Lipinski definition) is 1. The summed E-state index contributed by atoms with van der Waals surface area (Å²) >= 11 is 0. The summed E-state index contributed by atoms with van der Waals surface area (Å²) in [6, 6.07) is 1.59. The maximum absolute atomic E-state index is 3.93. The topological polar surface area (TPSA) is 12.0 Å². The quantitative estimate of drug-likeness (QED) is 0.742. The average Bonchev–Trinajstić information content (AvgIpc) is 2.49. The van der Waals surface area contributed by atoms with Gasteiger partial charge >= 0.3 is 0 Å². The molecule has 1 nitrogen and oxygen atoms in total. The maximum atomic E-state index is 3.93. The van der Waals surface area contributed by atoms with Crippen LogP contribution in [0, 0.1) is 10.8 Å². The normalized spacial score (nSPS) is 30.8. The molecule has 16 heavy (non-hydrogen) atoms. The lowest BCUT2D eigenvalue weighted by molar-refractivity contribution is 0.0805. The van der Waals surface area contributed by atoms with Gasteiger partial charge in [-0.2, -0.15) is 0 Å². The van der Waals surface area contributed by atoms with Crippen molar-refractivity contribution in [2.24, 2.45) is 10.8 Å². The van der Waals surface area contributed by atoms with E-state index in [-0.39, 0.29) is 0 Å². The first-order valence-corrected chi connectivity index (χ1v) is 7.12. The van der Waals surface area contributed by atoms with Crippen LogP contribution in [0.5, 0.6) is 0 Å². The van der Waals surface area contributed by atoms with Crippen molar-refractivity contribution in [3.63, 3.8) is 0 Å². The zero-order chi connectivity index (χ0) is 11.8. The second-order valence-corrected chi connectivity index (χ2v) is 7.76. The van der Waals surface area contributed by atoms with Crippen LogP contribution in [0.1, 0.15) is 72.6 Å². The van der Waals surface area contributed by atoms with Crippen molar-refractivity contribution in [1.29, 1.82) is 0 Å². The summed E-state index contributed by atoms with van der Waals surface area (Å²) in [5.74, 6) is 0. The molecule has 0 radical (unpaired) electrons. The minimum atomic E-state index is 0.526. The van der Waals surface area contributed by atoms with Crippen LogP contribution in [0.3, 0.4) is 0 Å². The molecule has 0 aromatic rings. The summed E-state index contributed by atoms with van der Waals surface area (Å²) in [5, 5.41) is 3.93. The van der Waals surface area contributed by atoms with Crippen LogP contribution < -0.4 is 5.32 Å². The minimum Gasteiger partial charge on any atom is -0.311 e. The maximum Gasteiger partial charge on any atom is 0.00798 e. The van der Waals surface area contributed by atoms with Gasteiger partial charge in [0.05, 0.1) is 0 Å². The molecular formula is C15H29N. The Labute approximate surface area is 101 Å². The number of nitrogens with one attached hydrogen (secondary N) is 1. The monoisotopic (exact) mass is 223 g/mol. The standard InChI is InChI=1S/C15H29N/c1-14(2)9-13(10-15(3,4)11-14)16-12-7-5-6-8-12/h12-13,16H,5-11H2,1-4H3. The summed E-state index contributed by atoms with van der Waals surface area (Å²) < 4.78 is 0. The smallest absolute Gasteiger partial charge is 0.00798 e. The van der Waals surface area contributed by atoms with Crippen molar-refractivity contribution >= 4 is 0 Å². The fraction of sp³-hybridized carbons (Fsp3) is 1.00. The fourth-order valence-electron chi connectivity index (χ4n) is 4.39. The van der Waals surface area contributed by atoms with E-state index in [1.54, 1.807) is 0 Å². The Bertz CT molecular complexity index is 220. The van der Waals surface area contributed by atoms with Gasteiger partial charge in [-0.15, -0.1) is 0 Å². The molecule has 0 spiro atoms. The zero-order valence-corrected chi connectivity index (χ0v) is 11.6. The Hall–Kier alpha value is -0.0400. The molecule has 2 rings (SSSR count). The van der Waals surface area contributed by atoms with E-state index in [0.717, 1.165) is 12.1 Å². The highest BCUT2D eigenvalue weighted by atomic mass is 15.0. The van der Waals surface area contributed by atoms with Gasteiger partial charge in [0.15, 0.2) is 0 Å². The molecule has 0 aromatic carbocycles. The lowest BCUT2D eigenvalue weighted by Gasteiger charge is -2.46. The van der Waals surface area contributed by atoms with E-state index in [1.807, 2.05) is 0 Å². The van der Waals surface area contributed by atoms with E-state index in [0.29, 0.717) is 10.8 Å². The van der Waals surface area contributed by atoms with Gasteiger partial charge in [-0.3, -0.25) is 0 Å². The first-order valence-electron chi connectivity index (χ1n) is 7.12. The molecule has 2 aliphatic rings. The first-order chi connectivity index (χ1) is 7.36. The van der Waals surface area contributed by atoms with Crippen molar-refractivity contribution in [1.82, 2.24) is 5.32 Å². The molecule has 1 heteroatoms. The highest BCUT2D eigenvalue weighted by molar-refractivity contribution is 4.93. The van der Waals surface area contributed by atoms with Gasteiger partial charge in [0, 0.05) is 12.1 Å². The fourth-order valence-corrected chi connectivity index (χ4v) is 4.39. The van der Waals surface area contributed by atoms with Crippen LogP contribution in [-0.4, -0.2) is 12.1 Å². The minimum absolute atomic E-state index is 0.526. The average molecular weight is 223 g/mol. The Balaban J connectivity index is 1.93. The third-order valence-corrected chi connectivity index (χ3v) is 4.38. The Morgan fingerprint density at radius 3 is 1.81 bits per heavy atom. The third-order valence-electron chi connectivity index (χ3n) is 4.38. The van der Waals surface area contributed by atoms with E-state index in [4.69, 9.17) is 0 Å². The molecule has 1 N–H and O–H groups in total. The van der Waals surface area contributed by atoms with Crippen LogP contribution in [0.25, 0.3) is 0 Å². The van der Waals surface area contributed by atoms with Gasteiger partial charge in [-0.05, 0) is 42.9 Å². The SMILES string of the molecule is CC1(C)CC(NC2CCCC2)CC(C)(C)C1. The lowest BCUT2D eigenvalue weighted by atomic mass is 9.63. The van der Waals surface area contributed by atoms with Crippen molar-refractivity contribution in [3.8, 4) is 0 Å². The van der Waals surface area contributed by atoms with E-state index < -0.39 is 0 Å². The summed E-state index contributed by atoms with van der Waals surface area (Å²) in [5.41, 5.74) is 1.05. The largest absolute Gasteiger partial charge is 0.311 e. The third kappa shape index (κ3) is 3.23. The van der Waals surface area contributed by atoms with Crippen molar-refractivity contribution in [2.75, 3.05) is 0 Å². The highest BCUT2D eigenvalue weighted by Gasteiger charge is 2.38. The molecule has 0 heterocycles. The predicted molar refractivity (Wildman–Crippen MR) is 70.6 cm³/mol. The summed E-state index contributed by atoms with van der Waals surface area (Å²) in [7, 11) is 0. The van der Waals surface area contributed by atoms with E-state index in [9.17, 15) is 0 Å². The molecule has 2 fully saturated rings. The predicted octanol–water partition coefficient (Wildman–Crippen LogP) is 4.12. The van der Waals surface area contributed by atoms with Crippen LogP contribution in [0.4, 0.5) is 0 Å². The van der Waals surface area contributed by atoms with E-state index in [2.05, 4.69) is 33.0 Å². The molecule has 0 aliphatic heterocycles. The van der Waals surface area contributed by atoms with Gasteiger partial charge in [0.1, 0.15) is 0 Å². The van der Waals surface area contributed by atoms with Gasteiger partial charge in [0.2, 0.25) is 0 Å². The Morgan fingerprint density at radius 1 is 0.812 bits per heavy atom. The molecule has 2 saturated carbocycles. The Kier molecular flexibility index (Phi) is 3.36. The van der Waals surface area contributed by atoms with Gasteiger partial charge in [0.25, 0.3) is 0 Å². The highest BCUT2D eigenvalue weighted by Crippen LogP contribution is 2.45. The molecule has 0 amide bonds. The van der Waals surface area contributed by atoms with Gasteiger partial charge in [-0.1, -0.05) is 40.5 Å². The van der Waals surface area contributed by atoms with Crippen molar-refractivity contribution in [2.45, 2.75) is 84.7 Å². The van der Waals surface area contributed by atoms with Gasteiger partial charge < -0.3 is 5.32 Å². The number of hydrogen-bond acceptors (Lipinski definition) is 1. The molecule has 0 saturated heterocycles. The van der Waals surface area contributed by atoms with Crippen LogP contribution >= 0.6 is 0 Å². The van der Waals surface area contributed by atoms with Crippen LogP contribution in [0.15, 0.2) is 0 Å². The summed E-state index contributed by atoms with van der Waals surface area (Å²) in [6.07, 6.45) is 9.83.